The van der Waals surface area contributed by atoms with E-state index in [4.69, 9.17) is 16.3 Å². The van der Waals surface area contributed by atoms with E-state index in [1.54, 1.807) is 0 Å². The van der Waals surface area contributed by atoms with E-state index in [9.17, 15) is 4.79 Å². The van der Waals surface area contributed by atoms with Crippen molar-refractivity contribution in [2.24, 2.45) is 0 Å². The number of methoxy groups -OCH3 is 1. The molecule has 1 aliphatic rings. The minimum absolute atomic E-state index is 0.00101. The van der Waals surface area contributed by atoms with Gasteiger partial charge in [-0.15, -0.1) is 0 Å². The number of halogens is 1. The zero-order valence-electron chi connectivity index (χ0n) is 10.6. The number of esters is 1. The van der Waals surface area contributed by atoms with Crippen LogP contribution in [0.5, 0.6) is 5.75 Å². The number of carbonyl (C=O) groups excluding carboxylic acids is 1. The van der Waals surface area contributed by atoms with Crippen molar-refractivity contribution >= 4 is 34.0 Å². The van der Waals surface area contributed by atoms with Gasteiger partial charge in [0.2, 0.25) is 0 Å². The molecule has 1 atom stereocenters. The second kappa shape index (κ2) is 5.30. The lowest BCUT2D eigenvalue weighted by atomic mass is 10.1. The molecule has 0 spiro atoms. The molecular formula is C13H11ClN2O3S. The molecule has 5 nitrogen and oxygen atoms in total. The number of nitrogens with one attached hydrogen (secondary N) is 1. The number of rotatable bonds is 3. The van der Waals surface area contributed by atoms with Crippen LogP contribution in [0.15, 0.2) is 24.3 Å². The largest absolute Gasteiger partial charge is 0.491 e. The van der Waals surface area contributed by atoms with Crippen LogP contribution in [0.25, 0.3) is 0 Å². The molecule has 1 aliphatic heterocycles. The van der Waals surface area contributed by atoms with Gasteiger partial charge in [0.25, 0.3) is 0 Å². The topological polar surface area (TPSA) is 60.5 Å². The van der Waals surface area contributed by atoms with Gasteiger partial charge in [0, 0.05) is 5.56 Å². The number of anilines is 1. The number of nitrogens with zero attached hydrogens (tertiary/aromatic N) is 1. The summed E-state index contributed by atoms with van der Waals surface area (Å²) in [6.07, 6.45) is 0. The standard InChI is InChI=1S/C13H11ClN2O3S/c1-18-12(17)10-11(14)16-13(20-10)15-8-6-19-9-5-3-2-4-7(8)9/h2-5,8H,6H2,1H3,(H,15,16). The normalized spacial score (nSPS) is 16.4. The van der Waals surface area contributed by atoms with Crippen molar-refractivity contribution in [2.75, 3.05) is 19.0 Å². The van der Waals surface area contributed by atoms with E-state index in [-0.39, 0.29) is 11.2 Å². The highest BCUT2D eigenvalue weighted by atomic mass is 35.5. The summed E-state index contributed by atoms with van der Waals surface area (Å²) in [4.78, 5) is 15.9. The Hall–Kier alpha value is -1.79. The Morgan fingerprint density at radius 1 is 1.55 bits per heavy atom. The summed E-state index contributed by atoms with van der Waals surface area (Å²) >= 11 is 7.10. The molecule has 0 saturated carbocycles. The lowest BCUT2D eigenvalue weighted by Crippen LogP contribution is -2.11. The molecule has 0 radical (unpaired) electrons. The molecule has 7 heteroatoms. The van der Waals surface area contributed by atoms with Crippen LogP contribution in [0.4, 0.5) is 5.13 Å². The van der Waals surface area contributed by atoms with E-state index in [1.165, 1.54) is 18.4 Å². The molecule has 0 saturated heterocycles. The van der Waals surface area contributed by atoms with Crippen LogP contribution in [0.3, 0.4) is 0 Å². The zero-order valence-corrected chi connectivity index (χ0v) is 12.1. The van der Waals surface area contributed by atoms with E-state index >= 15 is 0 Å². The van der Waals surface area contributed by atoms with Crippen molar-refractivity contribution in [3.63, 3.8) is 0 Å². The van der Waals surface area contributed by atoms with Gasteiger partial charge in [-0.25, -0.2) is 9.78 Å². The van der Waals surface area contributed by atoms with Crippen molar-refractivity contribution < 1.29 is 14.3 Å². The highest BCUT2D eigenvalue weighted by Crippen LogP contribution is 2.36. The second-order valence-corrected chi connectivity index (χ2v) is 5.53. The van der Waals surface area contributed by atoms with Crippen LogP contribution in [0, 0.1) is 0 Å². The molecule has 0 amide bonds. The minimum atomic E-state index is -0.483. The van der Waals surface area contributed by atoms with Gasteiger partial charge in [0.05, 0.1) is 13.2 Å². The van der Waals surface area contributed by atoms with E-state index in [0.29, 0.717) is 16.6 Å². The number of aromatic nitrogens is 1. The highest BCUT2D eigenvalue weighted by molar-refractivity contribution is 7.18. The maximum Gasteiger partial charge on any atom is 0.351 e. The first-order chi connectivity index (χ1) is 9.69. The molecule has 104 valence electrons. The van der Waals surface area contributed by atoms with E-state index in [0.717, 1.165) is 11.3 Å². The Balaban J connectivity index is 1.81. The fourth-order valence-corrected chi connectivity index (χ4v) is 3.17. The fraction of sp³-hybridized carbons (Fsp3) is 0.231. The number of fused-ring (bicyclic) bond motifs is 1. The molecule has 0 fully saturated rings. The lowest BCUT2D eigenvalue weighted by molar-refractivity contribution is 0.0606. The van der Waals surface area contributed by atoms with Gasteiger partial charge in [-0.2, -0.15) is 0 Å². The van der Waals surface area contributed by atoms with Crippen molar-refractivity contribution in [1.29, 1.82) is 0 Å². The molecule has 0 bridgehead atoms. The second-order valence-electron chi connectivity index (χ2n) is 4.18. The molecule has 20 heavy (non-hydrogen) atoms. The summed E-state index contributed by atoms with van der Waals surface area (Å²) in [5.41, 5.74) is 1.07. The number of ether oxygens (including phenoxy) is 2. The summed E-state index contributed by atoms with van der Waals surface area (Å²) in [7, 11) is 1.31. The molecule has 1 aromatic carbocycles. The van der Waals surface area contributed by atoms with E-state index < -0.39 is 5.97 Å². The predicted octanol–water partition coefficient (Wildman–Crippen LogP) is 3.13. The molecule has 1 N–H and O–H groups in total. The van der Waals surface area contributed by atoms with Crippen molar-refractivity contribution in [3.8, 4) is 5.75 Å². The summed E-state index contributed by atoms with van der Waals surface area (Å²) < 4.78 is 10.2. The van der Waals surface area contributed by atoms with Gasteiger partial charge >= 0.3 is 5.97 Å². The van der Waals surface area contributed by atoms with Crippen molar-refractivity contribution in [2.45, 2.75) is 6.04 Å². The highest BCUT2D eigenvalue weighted by Gasteiger charge is 2.25. The SMILES string of the molecule is COC(=O)c1sc(NC2COc3ccccc32)nc1Cl. The molecular weight excluding hydrogens is 300 g/mol. The summed E-state index contributed by atoms with van der Waals surface area (Å²) in [5.74, 6) is 0.379. The molecule has 3 rings (SSSR count). The smallest absolute Gasteiger partial charge is 0.351 e. The molecule has 1 unspecified atom stereocenters. The zero-order chi connectivity index (χ0) is 14.1. The number of hydrogen-bond acceptors (Lipinski definition) is 6. The predicted molar refractivity (Wildman–Crippen MR) is 76.8 cm³/mol. The molecule has 2 heterocycles. The maximum atomic E-state index is 11.5. The maximum absolute atomic E-state index is 11.5. The Bertz CT molecular complexity index is 659. The summed E-state index contributed by atoms with van der Waals surface area (Å²) in [6.45, 7) is 0.518. The quantitative estimate of drug-likeness (QED) is 0.883. The third kappa shape index (κ3) is 2.32. The van der Waals surface area contributed by atoms with Crippen LogP contribution in [-0.4, -0.2) is 24.7 Å². The van der Waals surface area contributed by atoms with Gasteiger partial charge < -0.3 is 14.8 Å². The molecule has 2 aromatic rings. The van der Waals surface area contributed by atoms with Crippen LogP contribution in [0.1, 0.15) is 21.3 Å². The van der Waals surface area contributed by atoms with E-state index in [1.807, 2.05) is 24.3 Å². The fourth-order valence-electron chi connectivity index (χ4n) is 2.01. The van der Waals surface area contributed by atoms with Gasteiger partial charge in [-0.05, 0) is 6.07 Å². The Morgan fingerprint density at radius 2 is 2.35 bits per heavy atom. The van der Waals surface area contributed by atoms with Gasteiger partial charge in [-0.3, -0.25) is 0 Å². The summed E-state index contributed by atoms with van der Waals surface area (Å²) in [5, 5.41) is 3.95. The molecule has 1 aromatic heterocycles. The Morgan fingerprint density at radius 3 is 3.15 bits per heavy atom. The van der Waals surface area contributed by atoms with Gasteiger partial charge in [0.1, 0.15) is 12.4 Å². The first-order valence-corrected chi connectivity index (χ1v) is 7.11. The average Bonchev–Trinajstić information content (AvgIpc) is 3.03. The number of hydrogen-bond donors (Lipinski definition) is 1. The Labute approximate surface area is 124 Å². The third-order valence-corrected chi connectivity index (χ3v) is 4.31. The summed E-state index contributed by atoms with van der Waals surface area (Å²) in [6, 6.07) is 7.80. The van der Waals surface area contributed by atoms with Gasteiger partial charge in [0.15, 0.2) is 15.2 Å². The average molecular weight is 311 g/mol. The number of carbonyl (C=O) groups is 1. The van der Waals surface area contributed by atoms with Crippen molar-refractivity contribution in [1.82, 2.24) is 4.98 Å². The van der Waals surface area contributed by atoms with Crippen molar-refractivity contribution in [3.05, 3.63) is 39.9 Å². The minimum Gasteiger partial charge on any atom is -0.491 e. The monoisotopic (exact) mass is 310 g/mol. The van der Waals surface area contributed by atoms with E-state index in [2.05, 4.69) is 15.0 Å². The van der Waals surface area contributed by atoms with Crippen LogP contribution in [0.2, 0.25) is 5.15 Å². The Kier molecular flexibility index (Phi) is 3.50. The number of para-hydroxylation sites is 1. The van der Waals surface area contributed by atoms with Crippen LogP contribution >= 0.6 is 22.9 Å². The van der Waals surface area contributed by atoms with Crippen LogP contribution < -0.4 is 10.1 Å². The lowest BCUT2D eigenvalue weighted by Gasteiger charge is -2.09. The number of benzene rings is 1. The first-order valence-electron chi connectivity index (χ1n) is 5.92. The first kappa shape index (κ1) is 13.2. The van der Waals surface area contributed by atoms with Gasteiger partial charge in [-0.1, -0.05) is 41.1 Å². The third-order valence-electron chi connectivity index (χ3n) is 2.95. The van der Waals surface area contributed by atoms with Crippen LogP contribution in [-0.2, 0) is 4.74 Å². The number of thiazole rings is 1. The molecule has 0 aliphatic carbocycles.